The monoisotopic (exact) mass is 415 g/mol. The Labute approximate surface area is 179 Å². The predicted octanol–water partition coefficient (Wildman–Crippen LogP) is 4.72. The standard InChI is InChI=1S/C24H21N3O2S/c1-18(15-19-9-4-2-5-10-19)17-25-27-24(29)22(16-21-13-8-14-30-21)26-23(28)20-11-6-3-7-12-20/h2-17H,1H3,(H,26,28)(H,27,29). The van der Waals surface area contributed by atoms with Gasteiger partial charge >= 0.3 is 0 Å². The fourth-order valence-electron chi connectivity index (χ4n) is 2.56. The first-order chi connectivity index (χ1) is 14.6. The lowest BCUT2D eigenvalue weighted by Crippen LogP contribution is -2.32. The summed E-state index contributed by atoms with van der Waals surface area (Å²) < 4.78 is 0. The summed E-state index contributed by atoms with van der Waals surface area (Å²) in [6, 6.07) is 22.3. The molecule has 0 bridgehead atoms. The SMILES string of the molecule is CC(C=NNC(=O)C(=Cc1cccs1)NC(=O)c1ccccc1)=Cc1ccccc1. The molecule has 0 saturated carbocycles. The predicted molar refractivity (Wildman–Crippen MR) is 123 cm³/mol. The van der Waals surface area contributed by atoms with Crippen molar-refractivity contribution in [3.8, 4) is 0 Å². The fourth-order valence-corrected chi connectivity index (χ4v) is 3.22. The smallest absolute Gasteiger partial charge is 0.287 e. The second-order valence-corrected chi connectivity index (χ2v) is 7.37. The number of rotatable bonds is 7. The Kier molecular flexibility index (Phi) is 7.46. The van der Waals surface area contributed by atoms with Crippen LogP contribution < -0.4 is 10.7 Å². The van der Waals surface area contributed by atoms with Crippen LogP contribution in [0.1, 0.15) is 27.7 Å². The summed E-state index contributed by atoms with van der Waals surface area (Å²) in [5.74, 6) is -0.867. The van der Waals surface area contributed by atoms with Crippen molar-refractivity contribution in [2.24, 2.45) is 5.10 Å². The molecule has 3 aromatic rings. The van der Waals surface area contributed by atoms with Crippen LogP contribution in [0.25, 0.3) is 12.2 Å². The van der Waals surface area contributed by atoms with E-state index in [9.17, 15) is 9.59 Å². The summed E-state index contributed by atoms with van der Waals surface area (Å²) in [6.45, 7) is 1.89. The quantitative estimate of drug-likeness (QED) is 0.333. The molecule has 1 aromatic heterocycles. The highest BCUT2D eigenvalue weighted by atomic mass is 32.1. The Bertz CT molecular complexity index is 1070. The molecule has 2 N–H and O–H groups in total. The number of allylic oxidation sites excluding steroid dienone is 1. The van der Waals surface area contributed by atoms with E-state index in [-0.39, 0.29) is 11.6 Å². The van der Waals surface area contributed by atoms with Gasteiger partial charge in [0.05, 0.1) is 6.21 Å². The van der Waals surface area contributed by atoms with Gasteiger partial charge in [-0.05, 0) is 47.7 Å². The average molecular weight is 416 g/mol. The van der Waals surface area contributed by atoms with Gasteiger partial charge in [-0.25, -0.2) is 5.43 Å². The molecule has 6 heteroatoms. The van der Waals surface area contributed by atoms with Crippen LogP contribution in [-0.4, -0.2) is 18.0 Å². The van der Waals surface area contributed by atoms with E-state index in [0.29, 0.717) is 5.56 Å². The number of hydrogen-bond acceptors (Lipinski definition) is 4. The van der Waals surface area contributed by atoms with Gasteiger partial charge in [-0.3, -0.25) is 9.59 Å². The lowest BCUT2D eigenvalue weighted by Gasteiger charge is -2.08. The summed E-state index contributed by atoms with van der Waals surface area (Å²) in [5, 5.41) is 8.59. The highest BCUT2D eigenvalue weighted by molar-refractivity contribution is 7.10. The number of nitrogens with one attached hydrogen (secondary N) is 2. The molecule has 0 aliphatic rings. The summed E-state index contributed by atoms with van der Waals surface area (Å²) in [7, 11) is 0. The number of nitrogens with zero attached hydrogens (tertiary/aromatic N) is 1. The lowest BCUT2D eigenvalue weighted by molar-refractivity contribution is -0.117. The van der Waals surface area contributed by atoms with E-state index in [1.54, 1.807) is 36.6 Å². The molecule has 1 heterocycles. The maximum Gasteiger partial charge on any atom is 0.287 e. The van der Waals surface area contributed by atoms with E-state index in [4.69, 9.17) is 0 Å². The molecule has 0 unspecified atom stereocenters. The number of carbonyl (C=O) groups excluding carboxylic acids is 2. The lowest BCUT2D eigenvalue weighted by atomic mass is 10.1. The van der Waals surface area contributed by atoms with Crippen LogP contribution in [0.15, 0.2) is 94.5 Å². The van der Waals surface area contributed by atoms with Crippen molar-refractivity contribution in [1.29, 1.82) is 0 Å². The highest BCUT2D eigenvalue weighted by Crippen LogP contribution is 2.13. The van der Waals surface area contributed by atoms with Gasteiger partial charge in [-0.2, -0.15) is 5.10 Å². The van der Waals surface area contributed by atoms with E-state index in [0.717, 1.165) is 16.0 Å². The Hall–Kier alpha value is -3.77. The van der Waals surface area contributed by atoms with Crippen LogP contribution in [0, 0.1) is 0 Å². The third kappa shape index (κ3) is 6.39. The van der Waals surface area contributed by atoms with Gasteiger partial charge in [0.15, 0.2) is 0 Å². The largest absolute Gasteiger partial charge is 0.317 e. The molecule has 0 fully saturated rings. The maximum absolute atomic E-state index is 12.7. The van der Waals surface area contributed by atoms with Crippen molar-refractivity contribution in [1.82, 2.24) is 10.7 Å². The van der Waals surface area contributed by atoms with E-state index in [1.165, 1.54) is 11.3 Å². The molecule has 0 spiro atoms. The molecule has 0 aliphatic carbocycles. The summed E-state index contributed by atoms with van der Waals surface area (Å²) >= 11 is 1.47. The number of carbonyl (C=O) groups is 2. The molecule has 2 amide bonds. The van der Waals surface area contributed by atoms with Crippen molar-refractivity contribution in [3.05, 3.63) is 105 Å². The van der Waals surface area contributed by atoms with Crippen LogP contribution in [-0.2, 0) is 4.79 Å². The van der Waals surface area contributed by atoms with E-state index < -0.39 is 5.91 Å². The van der Waals surface area contributed by atoms with Crippen LogP contribution in [0.5, 0.6) is 0 Å². The molecule has 5 nitrogen and oxygen atoms in total. The van der Waals surface area contributed by atoms with Gasteiger partial charge in [-0.15, -0.1) is 11.3 Å². The molecule has 0 aliphatic heterocycles. The van der Waals surface area contributed by atoms with Crippen molar-refractivity contribution in [2.45, 2.75) is 6.92 Å². The van der Waals surface area contributed by atoms with Gasteiger partial charge in [0, 0.05) is 10.4 Å². The minimum atomic E-state index is -0.503. The van der Waals surface area contributed by atoms with E-state index >= 15 is 0 Å². The molecule has 3 rings (SSSR count). The van der Waals surface area contributed by atoms with Gasteiger partial charge in [-0.1, -0.05) is 60.7 Å². The highest BCUT2D eigenvalue weighted by Gasteiger charge is 2.14. The minimum absolute atomic E-state index is 0.119. The first-order valence-corrected chi connectivity index (χ1v) is 10.2. The Balaban J connectivity index is 1.71. The second-order valence-electron chi connectivity index (χ2n) is 6.39. The third-order valence-electron chi connectivity index (χ3n) is 3.99. The summed E-state index contributed by atoms with van der Waals surface area (Å²) in [6.07, 6.45) is 5.14. The van der Waals surface area contributed by atoms with Crippen molar-refractivity contribution >= 4 is 41.5 Å². The number of amides is 2. The number of thiophene rings is 1. The Morgan fingerprint density at radius 1 is 0.900 bits per heavy atom. The van der Waals surface area contributed by atoms with Crippen LogP contribution in [0.3, 0.4) is 0 Å². The van der Waals surface area contributed by atoms with Gasteiger partial charge in [0.1, 0.15) is 5.70 Å². The van der Waals surface area contributed by atoms with E-state index in [2.05, 4.69) is 15.8 Å². The molecule has 0 radical (unpaired) electrons. The van der Waals surface area contributed by atoms with Crippen molar-refractivity contribution in [3.63, 3.8) is 0 Å². The molecule has 150 valence electrons. The second kappa shape index (κ2) is 10.7. The zero-order valence-corrected chi connectivity index (χ0v) is 17.2. The zero-order chi connectivity index (χ0) is 21.2. The van der Waals surface area contributed by atoms with Crippen LogP contribution >= 0.6 is 11.3 Å². The number of benzene rings is 2. The summed E-state index contributed by atoms with van der Waals surface area (Å²) in [4.78, 5) is 26.0. The van der Waals surface area contributed by atoms with E-state index in [1.807, 2.05) is 66.9 Å². The molecular formula is C24H21N3O2S. The number of hydrazone groups is 1. The molecule has 2 aromatic carbocycles. The number of hydrogen-bond donors (Lipinski definition) is 2. The van der Waals surface area contributed by atoms with Crippen LogP contribution in [0.2, 0.25) is 0 Å². The fraction of sp³-hybridized carbons (Fsp3) is 0.0417. The summed E-state index contributed by atoms with van der Waals surface area (Å²) in [5.41, 5.74) is 4.98. The van der Waals surface area contributed by atoms with Crippen LogP contribution in [0.4, 0.5) is 0 Å². The molecule has 0 atom stereocenters. The minimum Gasteiger partial charge on any atom is -0.317 e. The normalized spacial score (nSPS) is 12.0. The van der Waals surface area contributed by atoms with Gasteiger partial charge in [0.2, 0.25) is 0 Å². The molecular weight excluding hydrogens is 394 g/mol. The topological polar surface area (TPSA) is 70.6 Å². The van der Waals surface area contributed by atoms with Gasteiger partial charge < -0.3 is 5.32 Å². The Morgan fingerprint density at radius 2 is 1.60 bits per heavy atom. The first kappa shape index (κ1) is 21.0. The molecule has 0 saturated heterocycles. The van der Waals surface area contributed by atoms with Gasteiger partial charge in [0.25, 0.3) is 11.8 Å². The third-order valence-corrected chi connectivity index (χ3v) is 4.81. The first-order valence-electron chi connectivity index (χ1n) is 9.30. The maximum atomic E-state index is 12.7. The van der Waals surface area contributed by atoms with Crippen molar-refractivity contribution in [2.75, 3.05) is 0 Å². The average Bonchev–Trinajstić information content (AvgIpc) is 3.27. The Morgan fingerprint density at radius 3 is 2.27 bits per heavy atom. The van der Waals surface area contributed by atoms with Crippen molar-refractivity contribution < 1.29 is 9.59 Å². The zero-order valence-electron chi connectivity index (χ0n) is 16.4. The molecule has 30 heavy (non-hydrogen) atoms.